The highest BCUT2D eigenvalue weighted by molar-refractivity contribution is 7.09. The summed E-state index contributed by atoms with van der Waals surface area (Å²) in [5, 5.41) is 12.3. The van der Waals surface area contributed by atoms with Crippen LogP contribution in [0.15, 0.2) is 12.1 Å². The van der Waals surface area contributed by atoms with E-state index >= 15 is 0 Å². The van der Waals surface area contributed by atoms with Gasteiger partial charge in [-0.05, 0) is 26.0 Å². The lowest BCUT2D eigenvalue weighted by Crippen LogP contribution is -2.12. The molecule has 0 aliphatic carbocycles. The van der Waals surface area contributed by atoms with Crippen molar-refractivity contribution in [1.29, 1.82) is 0 Å². The van der Waals surface area contributed by atoms with Gasteiger partial charge in [0.25, 0.3) is 0 Å². The van der Waals surface area contributed by atoms with Crippen LogP contribution in [-0.2, 0) is 5.60 Å². The fourth-order valence-corrected chi connectivity index (χ4v) is 1.22. The lowest BCUT2D eigenvalue weighted by Gasteiger charge is -2.13. The number of rotatable bonds is 1. The number of thiophene rings is 1. The second kappa shape index (κ2) is 2.12. The van der Waals surface area contributed by atoms with Crippen molar-refractivity contribution in [2.24, 2.45) is 0 Å². The molecule has 1 heterocycles. The number of aliphatic hydroxyl groups is 1. The number of hydrogen-bond acceptors (Lipinski definition) is 2. The molecule has 0 amide bonds. The Kier molecular flexibility index (Phi) is 1.60. The Balaban J connectivity index is 2.90. The topological polar surface area (TPSA) is 20.2 Å². The Morgan fingerprint density at radius 3 is 2.56 bits per heavy atom. The van der Waals surface area contributed by atoms with Crippen LogP contribution in [0.5, 0.6) is 0 Å². The summed E-state index contributed by atoms with van der Waals surface area (Å²) < 4.78 is 0. The van der Waals surface area contributed by atoms with E-state index < -0.39 is 5.60 Å². The fourth-order valence-electron chi connectivity index (χ4n) is 0.570. The highest BCUT2D eigenvalue weighted by atomic mass is 32.1. The third-order valence-electron chi connectivity index (χ3n) is 1.07. The van der Waals surface area contributed by atoms with Crippen LogP contribution in [0, 0.1) is 5.38 Å². The molecule has 0 bridgehead atoms. The van der Waals surface area contributed by atoms with Crippen LogP contribution < -0.4 is 0 Å². The second-order valence-electron chi connectivity index (χ2n) is 2.48. The predicted octanol–water partition coefficient (Wildman–Crippen LogP) is 1.78. The molecule has 0 atom stereocenters. The molecule has 1 aromatic rings. The molecular weight excluding hydrogens is 132 g/mol. The van der Waals surface area contributed by atoms with Gasteiger partial charge in [0.2, 0.25) is 0 Å². The minimum Gasteiger partial charge on any atom is -0.385 e. The van der Waals surface area contributed by atoms with Gasteiger partial charge in [0, 0.05) is 10.3 Å². The van der Waals surface area contributed by atoms with E-state index in [1.807, 2.05) is 12.1 Å². The summed E-state index contributed by atoms with van der Waals surface area (Å²) in [6, 6.07) is 3.70. The summed E-state index contributed by atoms with van der Waals surface area (Å²) in [6.07, 6.45) is 0. The molecule has 1 aromatic heterocycles. The third kappa shape index (κ3) is 1.53. The van der Waals surface area contributed by atoms with E-state index in [0.29, 0.717) is 0 Å². The molecule has 1 nitrogen and oxygen atoms in total. The Morgan fingerprint density at radius 2 is 2.33 bits per heavy atom. The molecule has 1 radical (unpaired) electrons. The van der Waals surface area contributed by atoms with Gasteiger partial charge in [-0.3, -0.25) is 0 Å². The molecule has 9 heavy (non-hydrogen) atoms. The zero-order chi connectivity index (χ0) is 6.91. The maximum absolute atomic E-state index is 9.37. The molecule has 0 saturated heterocycles. The van der Waals surface area contributed by atoms with Crippen molar-refractivity contribution >= 4 is 11.3 Å². The van der Waals surface area contributed by atoms with Crippen molar-refractivity contribution in [3.63, 3.8) is 0 Å². The molecule has 0 aliphatic rings. The van der Waals surface area contributed by atoms with E-state index in [9.17, 15) is 5.11 Å². The summed E-state index contributed by atoms with van der Waals surface area (Å²) >= 11 is 1.45. The van der Waals surface area contributed by atoms with Crippen LogP contribution in [0.1, 0.15) is 18.7 Å². The molecule has 0 unspecified atom stereocenters. The average molecular weight is 141 g/mol. The van der Waals surface area contributed by atoms with Crippen molar-refractivity contribution < 1.29 is 5.11 Å². The van der Waals surface area contributed by atoms with Gasteiger partial charge in [-0.1, -0.05) is 0 Å². The van der Waals surface area contributed by atoms with Crippen LogP contribution in [0.3, 0.4) is 0 Å². The van der Waals surface area contributed by atoms with Gasteiger partial charge in [0.1, 0.15) is 0 Å². The minimum atomic E-state index is -0.690. The molecule has 0 aliphatic heterocycles. The van der Waals surface area contributed by atoms with Gasteiger partial charge >= 0.3 is 0 Å². The number of hydrogen-bond donors (Lipinski definition) is 1. The second-order valence-corrected chi connectivity index (χ2v) is 3.36. The zero-order valence-corrected chi connectivity index (χ0v) is 6.33. The highest BCUT2D eigenvalue weighted by Gasteiger charge is 2.15. The van der Waals surface area contributed by atoms with Crippen LogP contribution in [0.4, 0.5) is 0 Å². The van der Waals surface area contributed by atoms with Crippen LogP contribution in [-0.4, -0.2) is 5.11 Å². The fraction of sp³-hybridized carbons (Fsp3) is 0.429. The van der Waals surface area contributed by atoms with Crippen LogP contribution in [0.25, 0.3) is 0 Å². The average Bonchev–Trinajstić information content (AvgIpc) is 2.08. The van der Waals surface area contributed by atoms with E-state index in [0.717, 1.165) is 4.88 Å². The normalized spacial score (nSPS) is 11.9. The van der Waals surface area contributed by atoms with Crippen LogP contribution in [0.2, 0.25) is 0 Å². The van der Waals surface area contributed by atoms with Crippen molar-refractivity contribution in [2.45, 2.75) is 19.4 Å². The largest absolute Gasteiger partial charge is 0.385 e. The molecule has 0 spiro atoms. The smallest absolute Gasteiger partial charge is 0.0932 e. The quantitative estimate of drug-likeness (QED) is 0.632. The van der Waals surface area contributed by atoms with Crippen molar-refractivity contribution in [2.75, 3.05) is 0 Å². The lowest BCUT2D eigenvalue weighted by molar-refractivity contribution is 0.0825. The summed E-state index contributed by atoms with van der Waals surface area (Å²) in [6.45, 7) is 3.54. The summed E-state index contributed by atoms with van der Waals surface area (Å²) in [7, 11) is 0. The molecule has 1 N–H and O–H groups in total. The Bertz CT molecular complexity index is 171. The Hall–Kier alpha value is -0.340. The first kappa shape index (κ1) is 6.78. The van der Waals surface area contributed by atoms with E-state index in [2.05, 4.69) is 5.38 Å². The van der Waals surface area contributed by atoms with Gasteiger partial charge in [-0.15, -0.1) is 11.3 Å². The first-order valence-electron chi connectivity index (χ1n) is 2.79. The Morgan fingerprint density at radius 1 is 1.67 bits per heavy atom. The van der Waals surface area contributed by atoms with E-state index in [-0.39, 0.29) is 0 Å². The zero-order valence-electron chi connectivity index (χ0n) is 5.51. The maximum Gasteiger partial charge on any atom is 0.0932 e. The molecule has 0 saturated carbocycles. The maximum atomic E-state index is 9.37. The molecular formula is C7H9OS. The summed E-state index contributed by atoms with van der Waals surface area (Å²) in [5.41, 5.74) is -0.690. The van der Waals surface area contributed by atoms with Gasteiger partial charge < -0.3 is 5.11 Å². The molecule has 0 aromatic carbocycles. The van der Waals surface area contributed by atoms with Crippen molar-refractivity contribution in [3.05, 3.63) is 22.4 Å². The van der Waals surface area contributed by atoms with Crippen LogP contribution >= 0.6 is 11.3 Å². The van der Waals surface area contributed by atoms with Gasteiger partial charge in [0.05, 0.1) is 5.60 Å². The minimum absolute atomic E-state index is 0.690. The predicted molar refractivity (Wildman–Crippen MR) is 38.4 cm³/mol. The Labute approximate surface area is 59.0 Å². The molecule has 0 fully saturated rings. The first-order valence-corrected chi connectivity index (χ1v) is 3.61. The first-order chi connectivity index (χ1) is 4.11. The summed E-state index contributed by atoms with van der Waals surface area (Å²) in [4.78, 5) is 0.961. The van der Waals surface area contributed by atoms with Gasteiger partial charge in [-0.2, -0.15) is 0 Å². The lowest BCUT2D eigenvalue weighted by atomic mass is 10.1. The van der Waals surface area contributed by atoms with E-state index in [1.54, 1.807) is 13.8 Å². The van der Waals surface area contributed by atoms with Crippen molar-refractivity contribution in [3.8, 4) is 0 Å². The third-order valence-corrected chi connectivity index (χ3v) is 2.18. The standard InChI is InChI=1S/C7H9OS/c1-7(2,8)6-4-3-5-9-6/h3-4,8H,1-2H3. The summed E-state index contributed by atoms with van der Waals surface area (Å²) in [5.74, 6) is 0. The van der Waals surface area contributed by atoms with E-state index in [1.165, 1.54) is 11.3 Å². The molecule has 2 heteroatoms. The van der Waals surface area contributed by atoms with Crippen molar-refractivity contribution in [1.82, 2.24) is 0 Å². The highest BCUT2D eigenvalue weighted by Crippen LogP contribution is 2.23. The monoisotopic (exact) mass is 141 g/mol. The molecule has 1 rings (SSSR count). The van der Waals surface area contributed by atoms with Gasteiger partial charge in [-0.25, -0.2) is 0 Å². The van der Waals surface area contributed by atoms with Gasteiger partial charge in [0.15, 0.2) is 0 Å². The molecule has 49 valence electrons. The SMILES string of the molecule is CC(C)(O)c1cc[c]s1. The van der Waals surface area contributed by atoms with E-state index in [4.69, 9.17) is 0 Å².